The SMILES string of the molecule is CC[C@H](Nc1nn(C)c(=O)c2cccnc12)[C@H](c1ccccc1)N(C)C. The molecule has 0 spiro atoms. The Morgan fingerprint density at radius 2 is 1.88 bits per heavy atom. The molecule has 2 aromatic heterocycles. The van der Waals surface area contributed by atoms with Crippen molar-refractivity contribution in [2.75, 3.05) is 19.4 Å². The highest BCUT2D eigenvalue weighted by Crippen LogP contribution is 2.27. The lowest BCUT2D eigenvalue weighted by Gasteiger charge is -2.33. The van der Waals surface area contributed by atoms with Gasteiger partial charge < -0.3 is 10.2 Å². The molecule has 0 fully saturated rings. The van der Waals surface area contributed by atoms with Crippen LogP contribution in [-0.2, 0) is 7.05 Å². The Morgan fingerprint density at radius 3 is 2.54 bits per heavy atom. The van der Waals surface area contributed by atoms with Gasteiger partial charge in [-0.05, 0) is 38.2 Å². The summed E-state index contributed by atoms with van der Waals surface area (Å²) in [6.07, 6.45) is 2.59. The number of fused-ring (bicyclic) bond motifs is 1. The van der Waals surface area contributed by atoms with Gasteiger partial charge in [-0.15, -0.1) is 0 Å². The van der Waals surface area contributed by atoms with E-state index in [4.69, 9.17) is 0 Å². The number of nitrogens with zero attached hydrogens (tertiary/aromatic N) is 4. The lowest BCUT2D eigenvalue weighted by molar-refractivity contribution is 0.263. The first-order chi connectivity index (χ1) is 12.5. The van der Waals surface area contributed by atoms with Crippen LogP contribution in [0.5, 0.6) is 0 Å². The minimum atomic E-state index is -0.140. The first kappa shape index (κ1) is 18.1. The number of pyridine rings is 1. The third kappa shape index (κ3) is 3.46. The van der Waals surface area contributed by atoms with Gasteiger partial charge in [0.15, 0.2) is 5.82 Å². The first-order valence-corrected chi connectivity index (χ1v) is 8.83. The van der Waals surface area contributed by atoms with E-state index in [-0.39, 0.29) is 17.6 Å². The second-order valence-corrected chi connectivity index (χ2v) is 6.66. The van der Waals surface area contributed by atoms with Gasteiger partial charge in [-0.25, -0.2) is 4.68 Å². The third-order valence-electron chi connectivity index (χ3n) is 4.65. The zero-order valence-electron chi connectivity index (χ0n) is 15.7. The predicted molar refractivity (Wildman–Crippen MR) is 105 cm³/mol. The van der Waals surface area contributed by atoms with E-state index in [1.807, 2.05) is 6.07 Å². The Hall–Kier alpha value is -2.73. The molecule has 0 radical (unpaired) electrons. The van der Waals surface area contributed by atoms with E-state index in [1.54, 1.807) is 25.4 Å². The molecule has 0 amide bonds. The van der Waals surface area contributed by atoms with E-state index >= 15 is 0 Å². The average Bonchev–Trinajstić information content (AvgIpc) is 2.65. The Morgan fingerprint density at radius 1 is 1.15 bits per heavy atom. The van der Waals surface area contributed by atoms with Crippen LogP contribution in [0.15, 0.2) is 53.5 Å². The summed E-state index contributed by atoms with van der Waals surface area (Å²) in [6, 6.07) is 14.3. The lowest BCUT2D eigenvalue weighted by Crippen LogP contribution is -2.37. The van der Waals surface area contributed by atoms with Gasteiger partial charge in [0, 0.05) is 19.3 Å². The minimum Gasteiger partial charge on any atom is -0.362 e. The molecule has 1 N–H and O–H groups in total. The Labute approximate surface area is 153 Å². The van der Waals surface area contributed by atoms with Crippen LogP contribution in [0.3, 0.4) is 0 Å². The highest BCUT2D eigenvalue weighted by atomic mass is 16.1. The zero-order chi connectivity index (χ0) is 18.7. The molecule has 1 aromatic carbocycles. The third-order valence-corrected chi connectivity index (χ3v) is 4.65. The summed E-state index contributed by atoms with van der Waals surface area (Å²) in [7, 11) is 5.82. The largest absolute Gasteiger partial charge is 0.362 e. The van der Waals surface area contributed by atoms with Gasteiger partial charge in [0.1, 0.15) is 5.52 Å². The van der Waals surface area contributed by atoms with Crippen molar-refractivity contribution in [1.82, 2.24) is 19.7 Å². The van der Waals surface area contributed by atoms with Crippen molar-refractivity contribution in [1.29, 1.82) is 0 Å². The number of nitrogens with one attached hydrogen (secondary N) is 1. The van der Waals surface area contributed by atoms with Crippen LogP contribution in [0.4, 0.5) is 5.82 Å². The van der Waals surface area contributed by atoms with Crippen LogP contribution in [0.2, 0.25) is 0 Å². The number of anilines is 1. The molecular formula is C20H25N5O. The Bertz CT molecular complexity index is 936. The summed E-state index contributed by atoms with van der Waals surface area (Å²) in [5, 5.41) is 8.55. The van der Waals surface area contributed by atoms with E-state index in [2.05, 4.69) is 65.6 Å². The summed E-state index contributed by atoms with van der Waals surface area (Å²) < 4.78 is 1.37. The number of likely N-dealkylation sites (N-methyl/N-ethyl adjacent to an activating group) is 1. The summed E-state index contributed by atoms with van der Waals surface area (Å²) >= 11 is 0. The quantitative estimate of drug-likeness (QED) is 0.740. The van der Waals surface area contributed by atoms with Crippen LogP contribution in [0, 0.1) is 0 Å². The standard InChI is InChI=1S/C20H25N5O/c1-5-16(18(24(2)3)14-10-7-6-8-11-14)22-19-17-15(12-9-13-21-17)20(26)25(4)23-19/h6-13,16,18H,5H2,1-4H3,(H,22,23)/t16-,18-/m0/s1. The summed E-state index contributed by atoms with van der Waals surface area (Å²) in [6.45, 7) is 2.15. The van der Waals surface area contributed by atoms with Gasteiger partial charge in [-0.3, -0.25) is 9.78 Å². The maximum absolute atomic E-state index is 12.3. The van der Waals surface area contributed by atoms with Crippen LogP contribution >= 0.6 is 0 Å². The molecule has 26 heavy (non-hydrogen) atoms. The molecule has 0 saturated heterocycles. The van der Waals surface area contributed by atoms with Crippen molar-refractivity contribution in [2.24, 2.45) is 7.05 Å². The summed E-state index contributed by atoms with van der Waals surface area (Å²) in [5.41, 5.74) is 1.71. The smallest absolute Gasteiger partial charge is 0.276 e. The summed E-state index contributed by atoms with van der Waals surface area (Å²) in [4.78, 5) is 18.9. The number of rotatable bonds is 6. The molecule has 2 atom stereocenters. The van der Waals surface area contributed by atoms with E-state index in [1.165, 1.54) is 10.2 Å². The maximum atomic E-state index is 12.3. The van der Waals surface area contributed by atoms with Crippen molar-refractivity contribution in [3.8, 4) is 0 Å². The molecule has 3 aromatic rings. The van der Waals surface area contributed by atoms with E-state index in [0.717, 1.165) is 6.42 Å². The highest BCUT2D eigenvalue weighted by molar-refractivity contribution is 5.87. The van der Waals surface area contributed by atoms with Gasteiger partial charge in [0.2, 0.25) is 0 Å². The number of aryl methyl sites for hydroxylation is 1. The van der Waals surface area contributed by atoms with E-state index < -0.39 is 0 Å². The minimum absolute atomic E-state index is 0.114. The molecule has 6 heteroatoms. The van der Waals surface area contributed by atoms with Crippen LogP contribution in [0.1, 0.15) is 24.9 Å². The van der Waals surface area contributed by atoms with Crippen molar-refractivity contribution < 1.29 is 0 Å². The van der Waals surface area contributed by atoms with Crippen LogP contribution in [-0.4, -0.2) is 39.8 Å². The fourth-order valence-electron chi connectivity index (χ4n) is 3.40. The van der Waals surface area contributed by atoms with Crippen molar-refractivity contribution in [3.05, 3.63) is 64.6 Å². The first-order valence-electron chi connectivity index (χ1n) is 8.83. The predicted octanol–water partition coefficient (Wildman–Crippen LogP) is 2.82. The highest BCUT2D eigenvalue weighted by Gasteiger charge is 2.25. The van der Waals surface area contributed by atoms with Gasteiger partial charge >= 0.3 is 0 Å². The molecule has 0 bridgehead atoms. The molecule has 0 aliphatic heterocycles. The Balaban J connectivity index is 2.04. The monoisotopic (exact) mass is 351 g/mol. The van der Waals surface area contributed by atoms with Crippen molar-refractivity contribution in [2.45, 2.75) is 25.4 Å². The second kappa shape index (κ2) is 7.66. The molecule has 0 aliphatic carbocycles. The van der Waals surface area contributed by atoms with Gasteiger partial charge in [0.05, 0.1) is 11.4 Å². The molecule has 6 nitrogen and oxygen atoms in total. The lowest BCUT2D eigenvalue weighted by atomic mass is 9.96. The number of aromatic nitrogens is 3. The normalized spacial score (nSPS) is 13.7. The van der Waals surface area contributed by atoms with E-state index in [9.17, 15) is 4.79 Å². The Kier molecular flexibility index (Phi) is 5.32. The van der Waals surface area contributed by atoms with E-state index in [0.29, 0.717) is 16.7 Å². The van der Waals surface area contributed by atoms with Gasteiger partial charge in [-0.2, -0.15) is 5.10 Å². The average molecular weight is 351 g/mol. The topological polar surface area (TPSA) is 63.1 Å². The van der Waals surface area contributed by atoms with Crippen LogP contribution < -0.4 is 10.9 Å². The van der Waals surface area contributed by atoms with Crippen LogP contribution in [0.25, 0.3) is 10.9 Å². The molecule has 136 valence electrons. The van der Waals surface area contributed by atoms with Crippen molar-refractivity contribution in [3.63, 3.8) is 0 Å². The molecule has 0 unspecified atom stereocenters. The molecular weight excluding hydrogens is 326 g/mol. The van der Waals surface area contributed by atoms with Gasteiger partial charge in [0.25, 0.3) is 5.56 Å². The number of hydrogen-bond acceptors (Lipinski definition) is 5. The van der Waals surface area contributed by atoms with Crippen molar-refractivity contribution >= 4 is 16.7 Å². The summed E-state index contributed by atoms with van der Waals surface area (Å²) in [5.74, 6) is 0.636. The van der Waals surface area contributed by atoms with Gasteiger partial charge in [-0.1, -0.05) is 37.3 Å². The molecule has 0 aliphatic rings. The number of benzene rings is 1. The fourth-order valence-corrected chi connectivity index (χ4v) is 3.40. The molecule has 3 rings (SSSR count). The number of hydrogen-bond donors (Lipinski definition) is 1. The fraction of sp³-hybridized carbons (Fsp3) is 0.350. The maximum Gasteiger partial charge on any atom is 0.276 e. The zero-order valence-corrected chi connectivity index (χ0v) is 15.7. The second-order valence-electron chi connectivity index (χ2n) is 6.66. The molecule has 2 heterocycles. The molecule has 0 saturated carbocycles.